The van der Waals surface area contributed by atoms with Crippen molar-refractivity contribution in [2.24, 2.45) is 5.11 Å². The summed E-state index contributed by atoms with van der Waals surface area (Å²) in [7, 11) is 0. The lowest BCUT2D eigenvalue weighted by Gasteiger charge is -1.88. The predicted molar refractivity (Wildman–Crippen MR) is 63.9 cm³/mol. The topological polar surface area (TPSA) is 101 Å². The Balaban J connectivity index is 2.15. The molecule has 1 heterocycles. The molecule has 2 rings (SSSR count). The zero-order chi connectivity index (χ0) is 12.1. The number of anilines is 1. The smallest absolute Gasteiger partial charge is 0.292 e. The normalized spacial score (nSPS) is 9.41. The molecule has 6 nitrogen and oxygen atoms in total. The molecule has 0 aliphatic carbocycles. The molecule has 0 saturated carbocycles. The molecule has 17 heavy (non-hydrogen) atoms. The fourth-order valence-electron chi connectivity index (χ4n) is 1.34. The van der Waals surface area contributed by atoms with Crippen LogP contribution in [0.15, 0.2) is 27.7 Å². The zero-order valence-corrected chi connectivity index (χ0v) is 8.92. The molecule has 2 N–H and O–H groups in total. The average Bonchev–Trinajstić information content (AvgIpc) is 2.68. The minimum Gasteiger partial charge on any atom is -0.424 e. The number of hydrogen-bond acceptors (Lipinski definition) is 4. The molecule has 0 aliphatic heterocycles. The Morgan fingerprint density at radius 1 is 1.53 bits per heavy atom. The number of azide groups is 1. The Labute approximate surface area is 97.1 Å². The summed E-state index contributed by atoms with van der Waals surface area (Å²) in [5.74, 6) is 5.85. The molecule has 0 spiro atoms. The maximum atomic E-state index is 8.08. The predicted octanol–water partition coefficient (Wildman–Crippen LogP) is 2.46. The third-order valence-corrected chi connectivity index (χ3v) is 2.04. The first-order valence-corrected chi connectivity index (χ1v) is 4.95. The highest BCUT2D eigenvalue weighted by Gasteiger charge is 2.01. The van der Waals surface area contributed by atoms with Crippen LogP contribution in [0.5, 0.6) is 0 Å². The third kappa shape index (κ3) is 2.68. The summed E-state index contributed by atoms with van der Waals surface area (Å²) in [5.41, 5.74) is 15.7. The standard InChI is InChI=1S/C11H9N5O/c12-11-15-9-7-8(4-5-10(9)17-11)3-1-2-6-14-16-13/h4-5,7H,2,6H2,(H2,12,15). The second-order valence-electron chi connectivity index (χ2n) is 3.24. The van der Waals surface area contributed by atoms with Crippen LogP contribution in [0.25, 0.3) is 21.5 Å². The lowest BCUT2D eigenvalue weighted by Crippen LogP contribution is -1.81. The maximum absolute atomic E-state index is 8.08. The van der Waals surface area contributed by atoms with E-state index in [2.05, 4.69) is 26.9 Å². The number of oxazole rings is 1. The second-order valence-corrected chi connectivity index (χ2v) is 3.24. The van der Waals surface area contributed by atoms with Gasteiger partial charge in [-0.2, -0.15) is 4.98 Å². The van der Waals surface area contributed by atoms with Crippen LogP contribution in [0.2, 0.25) is 0 Å². The fourth-order valence-corrected chi connectivity index (χ4v) is 1.34. The van der Waals surface area contributed by atoms with Gasteiger partial charge in [0.15, 0.2) is 5.58 Å². The molecule has 0 saturated heterocycles. The Kier molecular flexibility index (Phi) is 3.15. The molecule has 0 fully saturated rings. The van der Waals surface area contributed by atoms with Crippen molar-refractivity contribution in [1.82, 2.24) is 4.98 Å². The molecule has 0 radical (unpaired) electrons. The minimum atomic E-state index is 0.147. The number of nitrogens with two attached hydrogens (primary N) is 1. The fraction of sp³-hybridized carbons (Fsp3) is 0.182. The Bertz CT molecular complexity index is 643. The van der Waals surface area contributed by atoms with Crippen LogP contribution in [0, 0.1) is 11.8 Å². The van der Waals surface area contributed by atoms with Gasteiger partial charge < -0.3 is 10.2 Å². The first kappa shape index (κ1) is 10.9. The van der Waals surface area contributed by atoms with Crippen LogP contribution >= 0.6 is 0 Å². The van der Waals surface area contributed by atoms with Gasteiger partial charge in [-0.1, -0.05) is 17.0 Å². The molecule has 0 unspecified atom stereocenters. The highest BCUT2D eigenvalue weighted by atomic mass is 16.4. The maximum Gasteiger partial charge on any atom is 0.292 e. The van der Waals surface area contributed by atoms with Crippen molar-refractivity contribution in [3.63, 3.8) is 0 Å². The van der Waals surface area contributed by atoms with Gasteiger partial charge in [0.05, 0.1) is 0 Å². The number of fused-ring (bicyclic) bond motifs is 1. The van der Waals surface area contributed by atoms with Gasteiger partial charge in [0, 0.05) is 23.4 Å². The van der Waals surface area contributed by atoms with E-state index in [-0.39, 0.29) is 6.01 Å². The largest absolute Gasteiger partial charge is 0.424 e. The lowest BCUT2D eigenvalue weighted by atomic mass is 10.2. The minimum absolute atomic E-state index is 0.147. The van der Waals surface area contributed by atoms with Gasteiger partial charge in [-0.15, -0.1) is 0 Å². The van der Waals surface area contributed by atoms with Crippen molar-refractivity contribution >= 4 is 17.1 Å². The van der Waals surface area contributed by atoms with Crippen molar-refractivity contribution in [3.8, 4) is 11.8 Å². The zero-order valence-electron chi connectivity index (χ0n) is 8.92. The van der Waals surface area contributed by atoms with Gasteiger partial charge in [-0.25, -0.2) is 0 Å². The monoisotopic (exact) mass is 227 g/mol. The summed E-state index contributed by atoms with van der Waals surface area (Å²) in [6.45, 7) is 0.378. The molecule has 0 aliphatic rings. The molecule has 6 heteroatoms. The van der Waals surface area contributed by atoms with E-state index in [1.165, 1.54) is 0 Å². The Morgan fingerprint density at radius 3 is 3.24 bits per heavy atom. The van der Waals surface area contributed by atoms with Gasteiger partial charge in [0.2, 0.25) is 0 Å². The molecule has 1 aromatic carbocycles. The van der Waals surface area contributed by atoms with Crippen LogP contribution in [0.1, 0.15) is 12.0 Å². The van der Waals surface area contributed by atoms with E-state index in [1.54, 1.807) is 12.1 Å². The van der Waals surface area contributed by atoms with Crippen molar-refractivity contribution in [1.29, 1.82) is 0 Å². The van der Waals surface area contributed by atoms with E-state index < -0.39 is 0 Å². The first-order valence-electron chi connectivity index (χ1n) is 4.95. The number of hydrogen-bond donors (Lipinski definition) is 1. The number of rotatable bonds is 2. The van der Waals surface area contributed by atoms with E-state index in [9.17, 15) is 0 Å². The summed E-state index contributed by atoms with van der Waals surface area (Å²) in [6.07, 6.45) is 0.531. The van der Waals surface area contributed by atoms with E-state index in [4.69, 9.17) is 15.7 Å². The van der Waals surface area contributed by atoms with Gasteiger partial charge in [-0.05, 0) is 23.7 Å². The van der Waals surface area contributed by atoms with Gasteiger partial charge in [-0.3, -0.25) is 0 Å². The first-order chi connectivity index (χ1) is 8.29. The molecule has 0 amide bonds. The van der Waals surface area contributed by atoms with Gasteiger partial charge in [0.1, 0.15) is 5.52 Å². The summed E-state index contributed by atoms with van der Waals surface area (Å²) in [5, 5.41) is 3.39. The van der Waals surface area contributed by atoms with Crippen LogP contribution in [-0.4, -0.2) is 11.5 Å². The summed E-state index contributed by atoms with van der Waals surface area (Å²) >= 11 is 0. The lowest BCUT2D eigenvalue weighted by molar-refractivity contribution is 0.626. The van der Waals surface area contributed by atoms with Crippen LogP contribution < -0.4 is 5.73 Å². The second kappa shape index (κ2) is 4.92. The SMILES string of the molecule is [N-]=[N+]=NCCC#Cc1ccc2oc(N)nc2c1. The van der Waals surface area contributed by atoms with E-state index in [1.807, 2.05) is 6.07 Å². The molecular formula is C11H9N5O. The quantitative estimate of drug-likeness (QED) is 0.280. The molecule has 0 atom stereocenters. The van der Waals surface area contributed by atoms with Crippen LogP contribution in [-0.2, 0) is 0 Å². The van der Waals surface area contributed by atoms with Crippen LogP contribution in [0.4, 0.5) is 6.01 Å². The molecule has 0 bridgehead atoms. The third-order valence-electron chi connectivity index (χ3n) is 2.04. The molecular weight excluding hydrogens is 218 g/mol. The summed E-state index contributed by atoms with van der Waals surface area (Å²) < 4.78 is 5.14. The number of benzene rings is 1. The van der Waals surface area contributed by atoms with Crippen molar-refractivity contribution in [2.75, 3.05) is 12.3 Å². The van der Waals surface area contributed by atoms with Crippen molar-refractivity contribution in [2.45, 2.75) is 6.42 Å². The van der Waals surface area contributed by atoms with E-state index in [0.29, 0.717) is 24.1 Å². The van der Waals surface area contributed by atoms with E-state index >= 15 is 0 Å². The number of nitrogens with zero attached hydrogens (tertiary/aromatic N) is 4. The summed E-state index contributed by atoms with van der Waals surface area (Å²) in [6, 6.07) is 5.55. The molecule has 1 aromatic heterocycles. The summed E-state index contributed by atoms with van der Waals surface area (Å²) in [4.78, 5) is 6.65. The highest BCUT2D eigenvalue weighted by molar-refractivity contribution is 5.76. The average molecular weight is 227 g/mol. The Morgan fingerprint density at radius 2 is 2.41 bits per heavy atom. The number of aromatic nitrogens is 1. The molecule has 84 valence electrons. The van der Waals surface area contributed by atoms with Gasteiger partial charge >= 0.3 is 0 Å². The van der Waals surface area contributed by atoms with E-state index in [0.717, 1.165) is 5.56 Å². The van der Waals surface area contributed by atoms with Crippen LogP contribution in [0.3, 0.4) is 0 Å². The highest BCUT2D eigenvalue weighted by Crippen LogP contribution is 2.17. The Hall–Kier alpha value is -2.64. The van der Waals surface area contributed by atoms with Crippen molar-refractivity contribution < 1.29 is 4.42 Å². The van der Waals surface area contributed by atoms with Crippen molar-refractivity contribution in [3.05, 3.63) is 34.2 Å². The number of nitrogen functional groups attached to an aromatic ring is 1. The molecule has 2 aromatic rings. The van der Waals surface area contributed by atoms with Gasteiger partial charge in [0.25, 0.3) is 6.01 Å².